The molecule has 30 heavy (non-hydrogen) atoms. The third-order valence-electron chi connectivity index (χ3n) is 4.52. The maximum atomic E-state index is 13.3. The van der Waals surface area contributed by atoms with Gasteiger partial charge in [-0.2, -0.15) is 0 Å². The molecule has 0 aliphatic carbocycles. The van der Waals surface area contributed by atoms with Crippen molar-refractivity contribution in [2.75, 3.05) is 5.32 Å². The van der Waals surface area contributed by atoms with Crippen LogP contribution < -0.4 is 5.32 Å². The van der Waals surface area contributed by atoms with Crippen LogP contribution in [-0.2, 0) is 0 Å². The van der Waals surface area contributed by atoms with Crippen LogP contribution in [0.15, 0.2) is 77.6 Å². The minimum absolute atomic E-state index is 0.305. The van der Waals surface area contributed by atoms with Gasteiger partial charge in [-0.15, -0.1) is 0 Å². The topological polar surface area (TPSA) is 76.7 Å². The fourth-order valence-electron chi connectivity index (χ4n) is 3.07. The van der Waals surface area contributed by atoms with Gasteiger partial charge in [-0.3, -0.25) is 0 Å². The molecule has 0 saturated carbocycles. The van der Waals surface area contributed by atoms with Crippen molar-refractivity contribution in [3.8, 4) is 22.6 Å². The molecule has 0 fully saturated rings. The van der Waals surface area contributed by atoms with Crippen LogP contribution in [0.3, 0.4) is 0 Å². The van der Waals surface area contributed by atoms with E-state index in [9.17, 15) is 4.39 Å². The number of halogens is 2. The van der Waals surface area contributed by atoms with E-state index in [1.807, 2.05) is 24.3 Å². The molecule has 0 bridgehead atoms. The van der Waals surface area contributed by atoms with E-state index in [1.54, 1.807) is 36.7 Å². The largest absolute Gasteiger partial charge is 0.355 e. The number of benzene rings is 2. The van der Waals surface area contributed by atoms with Crippen molar-refractivity contribution in [3.05, 3.63) is 84.0 Å². The molecule has 146 valence electrons. The third-order valence-corrected chi connectivity index (χ3v) is 4.74. The van der Waals surface area contributed by atoms with Crippen molar-refractivity contribution >= 4 is 34.1 Å². The molecule has 3 heterocycles. The van der Waals surface area contributed by atoms with E-state index in [1.165, 1.54) is 12.1 Å². The van der Waals surface area contributed by atoms with Gasteiger partial charge in [0, 0.05) is 17.3 Å². The zero-order valence-electron chi connectivity index (χ0n) is 15.4. The maximum absolute atomic E-state index is 13.3. The number of pyridine rings is 1. The van der Waals surface area contributed by atoms with E-state index in [0.29, 0.717) is 22.4 Å². The Morgan fingerprint density at radius 2 is 1.73 bits per heavy atom. The molecule has 2 aromatic carbocycles. The minimum atomic E-state index is -0.305. The Hall–Kier alpha value is -3.84. The van der Waals surface area contributed by atoms with E-state index in [2.05, 4.69) is 25.4 Å². The number of nitrogens with zero attached hydrogens (tertiary/aromatic N) is 4. The third kappa shape index (κ3) is 3.58. The monoisotopic (exact) mass is 417 g/mol. The van der Waals surface area contributed by atoms with Crippen LogP contribution in [0.5, 0.6) is 0 Å². The Bertz CT molecular complexity index is 1340. The molecule has 1 N–H and O–H groups in total. The number of hydrogen-bond donors (Lipinski definition) is 1. The van der Waals surface area contributed by atoms with E-state index in [4.69, 9.17) is 16.1 Å². The van der Waals surface area contributed by atoms with Crippen molar-refractivity contribution in [2.24, 2.45) is 0 Å². The van der Waals surface area contributed by atoms with Gasteiger partial charge >= 0.3 is 0 Å². The van der Waals surface area contributed by atoms with Crippen LogP contribution in [0, 0.1) is 5.82 Å². The Kier molecular flexibility index (Phi) is 4.57. The standard InChI is InChI=1S/C22H13ClFN5O/c23-20-8-6-16(12-26-20)27-22-25-10-9-18(28-22)14-3-7-19-17(11-14)21(30-29-19)13-1-4-15(24)5-2-13/h1-12H,(H,25,27,28). The Balaban J connectivity index is 1.51. The first kappa shape index (κ1) is 18.2. The van der Waals surface area contributed by atoms with Crippen molar-refractivity contribution in [3.63, 3.8) is 0 Å². The van der Waals surface area contributed by atoms with E-state index in [-0.39, 0.29) is 5.82 Å². The highest BCUT2D eigenvalue weighted by molar-refractivity contribution is 6.29. The second-order valence-corrected chi connectivity index (χ2v) is 6.90. The van der Waals surface area contributed by atoms with Crippen molar-refractivity contribution in [1.82, 2.24) is 20.1 Å². The summed E-state index contributed by atoms with van der Waals surface area (Å²) < 4.78 is 18.8. The number of hydrogen-bond acceptors (Lipinski definition) is 6. The lowest BCUT2D eigenvalue weighted by Crippen LogP contribution is -1.98. The highest BCUT2D eigenvalue weighted by Crippen LogP contribution is 2.32. The molecule has 8 heteroatoms. The van der Waals surface area contributed by atoms with Gasteiger partial charge in [0.2, 0.25) is 5.95 Å². The number of nitrogens with one attached hydrogen (secondary N) is 1. The average molecular weight is 418 g/mol. The van der Waals surface area contributed by atoms with Crippen LogP contribution in [0.2, 0.25) is 5.15 Å². The predicted octanol–water partition coefficient (Wildman–Crippen LogP) is 5.88. The maximum Gasteiger partial charge on any atom is 0.227 e. The average Bonchev–Trinajstić information content (AvgIpc) is 3.19. The highest BCUT2D eigenvalue weighted by atomic mass is 35.5. The van der Waals surface area contributed by atoms with Gasteiger partial charge in [0.25, 0.3) is 0 Å². The molecule has 0 atom stereocenters. The van der Waals surface area contributed by atoms with E-state index >= 15 is 0 Å². The fraction of sp³-hybridized carbons (Fsp3) is 0. The summed E-state index contributed by atoms with van der Waals surface area (Å²) in [6.45, 7) is 0. The first-order valence-electron chi connectivity index (χ1n) is 9.03. The van der Waals surface area contributed by atoms with Crippen LogP contribution in [-0.4, -0.2) is 20.1 Å². The van der Waals surface area contributed by atoms with E-state index < -0.39 is 0 Å². The summed E-state index contributed by atoms with van der Waals surface area (Å²) in [5, 5.41) is 8.43. The molecular weight excluding hydrogens is 405 g/mol. The lowest BCUT2D eigenvalue weighted by Gasteiger charge is -2.07. The summed E-state index contributed by atoms with van der Waals surface area (Å²) in [5.41, 5.74) is 3.77. The summed E-state index contributed by atoms with van der Waals surface area (Å²) in [5.74, 6) is 0.701. The molecule has 0 amide bonds. The lowest BCUT2D eigenvalue weighted by atomic mass is 10.0. The smallest absolute Gasteiger partial charge is 0.227 e. The number of anilines is 2. The molecule has 5 aromatic rings. The van der Waals surface area contributed by atoms with Gasteiger partial charge in [0.05, 0.1) is 23.0 Å². The normalized spacial score (nSPS) is 11.0. The first-order valence-corrected chi connectivity index (χ1v) is 9.41. The SMILES string of the molecule is Fc1ccc(-c2onc3ccc(-c4ccnc(Nc5ccc(Cl)nc5)n4)cc23)cc1. The number of aromatic nitrogens is 4. The summed E-state index contributed by atoms with van der Waals surface area (Å²) in [6, 6.07) is 17.1. The molecular formula is C22H13ClFN5O. The van der Waals surface area contributed by atoms with E-state index in [0.717, 1.165) is 27.9 Å². The van der Waals surface area contributed by atoms with Gasteiger partial charge in [-0.25, -0.2) is 19.3 Å². The molecule has 0 saturated heterocycles. The predicted molar refractivity (Wildman–Crippen MR) is 113 cm³/mol. The van der Waals surface area contributed by atoms with Crippen LogP contribution in [0.25, 0.3) is 33.5 Å². The first-order chi connectivity index (χ1) is 14.7. The van der Waals surface area contributed by atoms with Crippen molar-refractivity contribution in [1.29, 1.82) is 0 Å². The molecule has 6 nitrogen and oxygen atoms in total. The van der Waals surface area contributed by atoms with Crippen molar-refractivity contribution in [2.45, 2.75) is 0 Å². The second-order valence-electron chi connectivity index (χ2n) is 6.51. The number of fused-ring (bicyclic) bond motifs is 1. The molecule has 3 aromatic heterocycles. The molecule has 0 radical (unpaired) electrons. The Labute approximate surface area is 175 Å². The van der Waals surface area contributed by atoms with Crippen LogP contribution >= 0.6 is 11.6 Å². The fourth-order valence-corrected chi connectivity index (χ4v) is 3.18. The molecule has 0 unspecified atom stereocenters. The highest BCUT2D eigenvalue weighted by Gasteiger charge is 2.13. The number of rotatable bonds is 4. The minimum Gasteiger partial charge on any atom is -0.355 e. The van der Waals surface area contributed by atoms with Gasteiger partial charge in [0.15, 0.2) is 5.76 Å². The summed E-state index contributed by atoms with van der Waals surface area (Å²) >= 11 is 5.82. The molecule has 0 aliphatic heterocycles. The second kappa shape index (κ2) is 7.53. The molecule has 5 rings (SSSR count). The van der Waals surface area contributed by atoms with Gasteiger partial charge in [0.1, 0.15) is 16.5 Å². The summed E-state index contributed by atoms with van der Waals surface area (Å²) in [7, 11) is 0. The molecule has 0 aliphatic rings. The zero-order chi connectivity index (χ0) is 20.5. The van der Waals surface area contributed by atoms with Gasteiger partial charge < -0.3 is 9.84 Å². The lowest BCUT2D eigenvalue weighted by molar-refractivity contribution is 0.441. The Morgan fingerprint density at radius 3 is 2.53 bits per heavy atom. The Morgan fingerprint density at radius 1 is 0.900 bits per heavy atom. The molecule has 0 spiro atoms. The van der Waals surface area contributed by atoms with Gasteiger partial charge in [-0.1, -0.05) is 22.8 Å². The van der Waals surface area contributed by atoms with Crippen LogP contribution in [0.1, 0.15) is 0 Å². The quantitative estimate of drug-likeness (QED) is 0.368. The summed E-state index contributed by atoms with van der Waals surface area (Å²) in [4.78, 5) is 12.9. The zero-order valence-corrected chi connectivity index (χ0v) is 16.1. The summed E-state index contributed by atoms with van der Waals surface area (Å²) in [6.07, 6.45) is 3.28. The van der Waals surface area contributed by atoms with Crippen LogP contribution in [0.4, 0.5) is 16.0 Å². The van der Waals surface area contributed by atoms with Gasteiger partial charge in [-0.05, 0) is 54.6 Å². The van der Waals surface area contributed by atoms with Crippen molar-refractivity contribution < 1.29 is 8.91 Å².